The fourth-order valence-corrected chi connectivity index (χ4v) is 4.04. The van der Waals surface area contributed by atoms with Gasteiger partial charge >= 0.3 is 0 Å². The van der Waals surface area contributed by atoms with Gasteiger partial charge in [0.05, 0.1) is 11.0 Å². The lowest BCUT2D eigenvalue weighted by Gasteiger charge is -2.33. The van der Waals surface area contributed by atoms with Gasteiger partial charge in [0, 0.05) is 30.5 Å². The van der Waals surface area contributed by atoms with E-state index in [1.165, 1.54) is 16.5 Å². The Bertz CT molecular complexity index is 759. The molecule has 1 aromatic carbocycles. The summed E-state index contributed by atoms with van der Waals surface area (Å²) in [5.74, 6) is 0.0745. The third-order valence-corrected chi connectivity index (χ3v) is 5.35. The van der Waals surface area contributed by atoms with Gasteiger partial charge in [-0.3, -0.25) is 14.9 Å². The van der Waals surface area contributed by atoms with E-state index in [0.717, 1.165) is 13.0 Å². The minimum Gasteiger partial charge on any atom is -0.379 e. The van der Waals surface area contributed by atoms with Gasteiger partial charge in [-0.2, -0.15) is 0 Å². The number of nitrogens with one attached hydrogen (secondary N) is 1. The second-order valence-corrected chi connectivity index (χ2v) is 6.76. The molecule has 0 aliphatic carbocycles. The van der Waals surface area contributed by atoms with E-state index in [0.29, 0.717) is 18.7 Å². The minimum atomic E-state index is -0.422. The highest BCUT2D eigenvalue weighted by Gasteiger charge is 2.27. The number of nitro benzene ring substituents is 1. The quantitative estimate of drug-likeness (QED) is 0.663. The van der Waals surface area contributed by atoms with Crippen molar-refractivity contribution < 1.29 is 9.72 Å². The number of thiophene rings is 1. The van der Waals surface area contributed by atoms with Gasteiger partial charge in [0.15, 0.2) is 0 Å². The topological polar surface area (TPSA) is 75.5 Å². The monoisotopic (exact) mass is 345 g/mol. The van der Waals surface area contributed by atoms with E-state index in [-0.39, 0.29) is 17.6 Å². The summed E-state index contributed by atoms with van der Waals surface area (Å²) in [4.78, 5) is 26.3. The van der Waals surface area contributed by atoms with Crippen LogP contribution in [0.4, 0.5) is 11.4 Å². The van der Waals surface area contributed by atoms with Crippen molar-refractivity contribution in [2.45, 2.75) is 25.8 Å². The van der Waals surface area contributed by atoms with Crippen LogP contribution in [0.15, 0.2) is 35.7 Å². The molecular formula is C17H19N3O3S. The Morgan fingerprint density at radius 3 is 3.00 bits per heavy atom. The lowest BCUT2D eigenvalue weighted by molar-refractivity contribution is -0.384. The summed E-state index contributed by atoms with van der Waals surface area (Å²) in [5, 5.41) is 16.1. The summed E-state index contributed by atoms with van der Waals surface area (Å²) >= 11 is 1.75. The zero-order valence-corrected chi connectivity index (χ0v) is 14.2. The number of rotatable bonds is 5. The zero-order valence-electron chi connectivity index (χ0n) is 13.4. The van der Waals surface area contributed by atoms with Crippen LogP contribution in [0.1, 0.15) is 29.8 Å². The summed E-state index contributed by atoms with van der Waals surface area (Å²) in [7, 11) is 0. The van der Waals surface area contributed by atoms with Crippen molar-refractivity contribution >= 4 is 28.6 Å². The molecule has 1 aromatic heterocycles. The third-order valence-electron chi connectivity index (χ3n) is 4.35. The largest absolute Gasteiger partial charge is 0.379 e. The first kappa shape index (κ1) is 16.4. The molecule has 1 unspecified atom stereocenters. The predicted octanol–water partition coefficient (Wildman–Crippen LogP) is 3.60. The molecular weight excluding hydrogens is 326 g/mol. The van der Waals surface area contributed by atoms with Crippen molar-refractivity contribution in [2.24, 2.45) is 0 Å². The number of hydrogen-bond acceptors (Lipinski definition) is 5. The number of fused-ring (bicyclic) bond motifs is 1. The number of anilines is 1. The molecule has 0 saturated carbocycles. The standard InChI is InChI=1S/C17H19N3O3S/c1-12-13-8-11-24-16(13)7-10-19(12)17(21)6-9-18-14-4-2-3-5-15(14)20(22)23/h2-5,8,11-12,18H,6-7,9-10H2,1H3. The molecule has 0 saturated heterocycles. The Kier molecular flexibility index (Phi) is 4.80. The Morgan fingerprint density at radius 1 is 1.42 bits per heavy atom. The minimum absolute atomic E-state index is 0.0270. The van der Waals surface area contributed by atoms with Crippen molar-refractivity contribution in [2.75, 3.05) is 18.4 Å². The number of nitrogens with zero attached hydrogens (tertiary/aromatic N) is 2. The van der Waals surface area contributed by atoms with Crippen LogP contribution in [0.3, 0.4) is 0 Å². The van der Waals surface area contributed by atoms with Gasteiger partial charge in [0.25, 0.3) is 5.69 Å². The van der Waals surface area contributed by atoms with Gasteiger partial charge in [0.2, 0.25) is 5.91 Å². The highest BCUT2D eigenvalue weighted by Crippen LogP contribution is 2.33. The zero-order chi connectivity index (χ0) is 17.1. The van der Waals surface area contributed by atoms with Gasteiger partial charge in [-0.05, 0) is 36.4 Å². The predicted molar refractivity (Wildman–Crippen MR) is 94.4 cm³/mol. The normalized spacial score (nSPS) is 16.5. The Morgan fingerprint density at radius 2 is 2.21 bits per heavy atom. The molecule has 126 valence electrons. The summed E-state index contributed by atoms with van der Waals surface area (Å²) in [6.07, 6.45) is 1.22. The number of nitro groups is 1. The first-order valence-corrected chi connectivity index (χ1v) is 8.79. The molecule has 0 radical (unpaired) electrons. The van der Waals surface area contributed by atoms with E-state index in [1.54, 1.807) is 29.5 Å². The van der Waals surface area contributed by atoms with Crippen molar-refractivity contribution in [1.82, 2.24) is 4.90 Å². The molecule has 1 amide bonds. The molecule has 2 heterocycles. The van der Waals surface area contributed by atoms with Crippen LogP contribution >= 0.6 is 11.3 Å². The van der Waals surface area contributed by atoms with Crippen LogP contribution in [0.5, 0.6) is 0 Å². The van der Waals surface area contributed by atoms with Gasteiger partial charge in [0.1, 0.15) is 5.69 Å². The van der Waals surface area contributed by atoms with Gasteiger partial charge in [-0.15, -0.1) is 11.3 Å². The summed E-state index contributed by atoms with van der Waals surface area (Å²) in [6.45, 7) is 3.17. The van der Waals surface area contributed by atoms with Crippen molar-refractivity contribution in [3.8, 4) is 0 Å². The van der Waals surface area contributed by atoms with E-state index in [2.05, 4.69) is 23.7 Å². The molecule has 1 N–H and O–H groups in total. The first-order valence-electron chi connectivity index (χ1n) is 7.91. The number of carbonyl (C=O) groups is 1. The van der Waals surface area contributed by atoms with Crippen LogP contribution < -0.4 is 5.32 Å². The summed E-state index contributed by atoms with van der Waals surface area (Å²) in [5.41, 5.74) is 1.72. The molecule has 6 nitrogen and oxygen atoms in total. The summed E-state index contributed by atoms with van der Waals surface area (Å²) < 4.78 is 0. The number of para-hydroxylation sites is 2. The average Bonchev–Trinajstić information content (AvgIpc) is 3.05. The van der Waals surface area contributed by atoms with Crippen molar-refractivity contribution in [3.63, 3.8) is 0 Å². The third kappa shape index (κ3) is 3.26. The van der Waals surface area contributed by atoms with Crippen LogP contribution in [0, 0.1) is 10.1 Å². The van der Waals surface area contributed by atoms with Crippen molar-refractivity contribution in [1.29, 1.82) is 0 Å². The maximum Gasteiger partial charge on any atom is 0.292 e. The van der Waals surface area contributed by atoms with Crippen LogP contribution in [-0.4, -0.2) is 28.8 Å². The molecule has 7 heteroatoms. The molecule has 0 fully saturated rings. The molecule has 1 atom stereocenters. The molecule has 3 rings (SSSR count). The Hall–Kier alpha value is -2.41. The SMILES string of the molecule is CC1c2ccsc2CCN1C(=O)CCNc1ccccc1[N+](=O)[O-]. The molecule has 1 aliphatic heterocycles. The maximum absolute atomic E-state index is 12.5. The van der Waals surface area contributed by atoms with E-state index >= 15 is 0 Å². The van der Waals surface area contributed by atoms with Crippen LogP contribution in [0.25, 0.3) is 0 Å². The van der Waals surface area contributed by atoms with Crippen LogP contribution in [-0.2, 0) is 11.2 Å². The van der Waals surface area contributed by atoms with E-state index in [9.17, 15) is 14.9 Å². The van der Waals surface area contributed by atoms with E-state index in [4.69, 9.17) is 0 Å². The molecule has 0 bridgehead atoms. The second kappa shape index (κ2) is 7.00. The smallest absolute Gasteiger partial charge is 0.292 e. The number of hydrogen-bond donors (Lipinski definition) is 1. The lowest BCUT2D eigenvalue weighted by Crippen LogP contribution is -2.38. The fourth-order valence-electron chi connectivity index (χ4n) is 3.08. The van der Waals surface area contributed by atoms with Gasteiger partial charge in [-0.1, -0.05) is 12.1 Å². The number of benzene rings is 1. The van der Waals surface area contributed by atoms with Gasteiger partial charge in [-0.25, -0.2) is 0 Å². The molecule has 24 heavy (non-hydrogen) atoms. The molecule has 2 aromatic rings. The highest BCUT2D eigenvalue weighted by atomic mass is 32.1. The fraction of sp³-hybridized carbons (Fsp3) is 0.353. The lowest BCUT2D eigenvalue weighted by atomic mass is 10.0. The van der Waals surface area contributed by atoms with Crippen molar-refractivity contribution in [3.05, 3.63) is 56.3 Å². The number of amides is 1. The summed E-state index contributed by atoms with van der Waals surface area (Å²) in [6, 6.07) is 8.66. The van der Waals surface area contributed by atoms with Crippen LogP contribution in [0.2, 0.25) is 0 Å². The average molecular weight is 345 g/mol. The Balaban J connectivity index is 1.58. The van der Waals surface area contributed by atoms with Gasteiger partial charge < -0.3 is 10.2 Å². The first-order chi connectivity index (χ1) is 11.6. The van der Waals surface area contributed by atoms with E-state index in [1.807, 2.05) is 4.90 Å². The Labute approximate surface area is 144 Å². The maximum atomic E-state index is 12.5. The highest BCUT2D eigenvalue weighted by molar-refractivity contribution is 7.10. The molecule has 1 aliphatic rings. The number of carbonyl (C=O) groups excluding carboxylic acids is 1. The molecule has 0 spiro atoms. The second-order valence-electron chi connectivity index (χ2n) is 5.76. The van der Waals surface area contributed by atoms with E-state index < -0.39 is 4.92 Å².